The molecule has 0 aliphatic rings. The van der Waals surface area contributed by atoms with Crippen LogP contribution in [0.5, 0.6) is 0 Å². The molecule has 2 aromatic rings. The molecule has 1 aromatic heterocycles. The van der Waals surface area contributed by atoms with E-state index in [0.29, 0.717) is 10.8 Å². The molecule has 18 heavy (non-hydrogen) atoms. The fourth-order valence-electron chi connectivity index (χ4n) is 1.35. The first kappa shape index (κ1) is 13.2. The first-order chi connectivity index (χ1) is 8.68. The number of ether oxygens (including phenoxy) is 1. The molecule has 0 aliphatic heterocycles. The smallest absolute Gasteiger partial charge is 0.251 e. The van der Waals surface area contributed by atoms with E-state index in [4.69, 9.17) is 4.74 Å². The maximum atomic E-state index is 11.7. The highest BCUT2D eigenvalue weighted by Gasteiger charge is 2.13. The summed E-state index contributed by atoms with van der Waals surface area (Å²) < 4.78 is 31.4. The third-order valence-electron chi connectivity index (χ3n) is 2.22. The number of rotatable bonds is 6. The van der Waals surface area contributed by atoms with Gasteiger partial charge in [-0.25, -0.2) is 8.42 Å². The molecule has 0 radical (unpaired) electrons. The highest BCUT2D eigenvalue weighted by Crippen LogP contribution is 2.14. The van der Waals surface area contributed by atoms with Crippen LogP contribution in [0.2, 0.25) is 0 Å². The van der Waals surface area contributed by atoms with Crippen LogP contribution in [0, 0.1) is 0 Å². The Balaban J connectivity index is 1.79. The summed E-state index contributed by atoms with van der Waals surface area (Å²) in [5, 5.41) is 1.72. The summed E-state index contributed by atoms with van der Waals surface area (Å²) in [4.78, 5) is 0. The zero-order valence-electron chi connectivity index (χ0n) is 9.57. The van der Waals surface area contributed by atoms with Gasteiger partial charge in [-0.05, 0) is 17.0 Å². The Hall–Kier alpha value is -1.21. The van der Waals surface area contributed by atoms with Gasteiger partial charge in [-0.15, -0.1) is 11.3 Å². The second-order valence-corrected chi connectivity index (χ2v) is 6.50. The molecule has 1 N–H and O–H groups in total. The van der Waals surface area contributed by atoms with Crippen molar-refractivity contribution in [2.24, 2.45) is 0 Å². The molecule has 0 atom stereocenters. The maximum Gasteiger partial charge on any atom is 0.251 e. The predicted molar refractivity (Wildman–Crippen MR) is 70.7 cm³/mol. The highest BCUT2D eigenvalue weighted by molar-refractivity contribution is 7.91. The molecule has 6 heteroatoms. The van der Waals surface area contributed by atoms with Gasteiger partial charge in [0.2, 0.25) is 0 Å². The minimum Gasteiger partial charge on any atom is -0.361 e. The zero-order valence-corrected chi connectivity index (χ0v) is 11.2. The maximum absolute atomic E-state index is 11.7. The standard InChI is InChI=1S/C12H13NO3S2/c14-18(15,12-7-4-8-17-12)13-10-16-9-11-5-2-1-3-6-11/h1-8,13H,9-10H2. The van der Waals surface area contributed by atoms with Gasteiger partial charge in [0.05, 0.1) is 6.61 Å². The number of sulfonamides is 1. The zero-order chi connectivity index (χ0) is 12.8. The molecule has 0 unspecified atom stereocenters. The number of thiophene rings is 1. The minimum atomic E-state index is -3.43. The minimum absolute atomic E-state index is 0.0326. The van der Waals surface area contributed by atoms with Crippen LogP contribution in [0.1, 0.15) is 5.56 Å². The van der Waals surface area contributed by atoms with Gasteiger partial charge in [-0.3, -0.25) is 0 Å². The van der Waals surface area contributed by atoms with Crippen molar-refractivity contribution < 1.29 is 13.2 Å². The Labute approximate surface area is 110 Å². The molecule has 2 rings (SSSR count). The predicted octanol–water partition coefficient (Wildman–Crippen LogP) is 2.20. The van der Waals surface area contributed by atoms with Gasteiger partial charge in [0.15, 0.2) is 0 Å². The van der Waals surface area contributed by atoms with Crippen LogP contribution in [0.25, 0.3) is 0 Å². The van der Waals surface area contributed by atoms with Crippen molar-refractivity contribution in [1.82, 2.24) is 4.72 Å². The molecule has 0 amide bonds. The summed E-state index contributed by atoms with van der Waals surface area (Å²) in [6.07, 6.45) is 0. The van der Waals surface area contributed by atoms with E-state index in [1.165, 1.54) is 11.3 Å². The van der Waals surface area contributed by atoms with Crippen LogP contribution in [0.3, 0.4) is 0 Å². The topological polar surface area (TPSA) is 55.4 Å². The highest BCUT2D eigenvalue weighted by atomic mass is 32.2. The Morgan fingerprint density at radius 3 is 2.56 bits per heavy atom. The fourth-order valence-corrected chi connectivity index (χ4v) is 3.29. The van der Waals surface area contributed by atoms with Crippen LogP contribution in [-0.4, -0.2) is 15.1 Å². The summed E-state index contributed by atoms with van der Waals surface area (Å²) in [5.41, 5.74) is 1.01. The third kappa shape index (κ3) is 3.64. The summed E-state index contributed by atoms with van der Waals surface area (Å²) >= 11 is 1.18. The molecule has 0 bridgehead atoms. The van der Waals surface area contributed by atoms with Crippen LogP contribution < -0.4 is 4.72 Å². The molecule has 0 aliphatic carbocycles. The summed E-state index contributed by atoms with van der Waals surface area (Å²) in [7, 11) is -3.43. The molecule has 4 nitrogen and oxygen atoms in total. The van der Waals surface area contributed by atoms with Crippen LogP contribution in [0.4, 0.5) is 0 Å². The Kier molecular flexibility index (Phi) is 4.48. The monoisotopic (exact) mass is 283 g/mol. The summed E-state index contributed by atoms with van der Waals surface area (Å²) in [5.74, 6) is 0. The lowest BCUT2D eigenvalue weighted by molar-refractivity contribution is 0.117. The SMILES string of the molecule is O=S(=O)(NCOCc1ccccc1)c1cccs1. The van der Waals surface area contributed by atoms with E-state index in [1.54, 1.807) is 17.5 Å². The van der Waals surface area contributed by atoms with Gasteiger partial charge in [0.25, 0.3) is 10.0 Å². The molecule has 0 fully saturated rings. The van der Waals surface area contributed by atoms with Gasteiger partial charge in [0.1, 0.15) is 10.9 Å². The van der Waals surface area contributed by atoms with Crippen molar-refractivity contribution in [3.05, 3.63) is 53.4 Å². The molecule has 1 heterocycles. The van der Waals surface area contributed by atoms with Crippen LogP contribution >= 0.6 is 11.3 Å². The number of benzene rings is 1. The van der Waals surface area contributed by atoms with Gasteiger partial charge in [-0.2, -0.15) is 4.72 Å². The summed E-state index contributed by atoms with van der Waals surface area (Å²) in [6.45, 7) is 0.350. The average molecular weight is 283 g/mol. The lowest BCUT2D eigenvalue weighted by Gasteiger charge is -2.06. The van der Waals surface area contributed by atoms with Gasteiger partial charge in [-0.1, -0.05) is 36.4 Å². The normalized spacial score (nSPS) is 11.6. The molecule has 0 saturated carbocycles. The van der Waals surface area contributed by atoms with Crippen molar-refractivity contribution in [2.45, 2.75) is 10.8 Å². The molecular weight excluding hydrogens is 270 g/mol. The lowest BCUT2D eigenvalue weighted by Crippen LogP contribution is -2.25. The van der Waals surface area contributed by atoms with Gasteiger partial charge >= 0.3 is 0 Å². The average Bonchev–Trinajstić information content (AvgIpc) is 2.91. The number of nitrogens with one attached hydrogen (secondary N) is 1. The Morgan fingerprint density at radius 2 is 1.89 bits per heavy atom. The molecule has 1 aromatic carbocycles. The largest absolute Gasteiger partial charge is 0.361 e. The lowest BCUT2D eigenvalue weighted by atomic mass is 10.2. The van der Waals surface area contributed by atoms with E-state index in [9.17, 15) is 8.42 Å². The first-order valence-electron chi connectivity index (χ1n) is 5.33. The number of hydrogen-bond acceptors (Lipinski definition) is 4. The fraction of sp³-hybridized carbons (Fsp3) is 0.167. The number of hydrogen-bond donors (Lipinski definition) is 1. The van der Waals surface area contributed by atoms with Crippen molar-refractivity contribution in [1.29, 1.82) is 0 Å². The van der Waals surface area contributed by atoms with Crippen molar-refractivity contribution in [2.75, 3.05) is 6.73 Å². The van der Waals surface area contributed by atoms with E-state index in [0.717, 1.165) is 5.56 Å². The molecular formula is C12H13NO3S2. The van der Waals surface area contributed by atoms with Crippen molar-refractivity contribution in [3.8, 4) is 0 Å². The van der Waals surface area contributed by atoms with Crippen molar-refractivity contribution in [3.63, 3.8) is 0 Å². The van der Waals surface area contributed by atoms with Gasteiger partial charge < -0.3 is 4.74 Å². The Morgan fingerprint density at radius 1 is 1.11 bits per heavy atom. The second kappa shape index (κ2) is 6.10. The first-order valence-corrected chi connectivity index (χ1v) is 7.69. The van der Waals surface area contributed by atoms with Crippen LogP contribution in [-0.2, 0) is 21.4 Å². The van der Waals surface area contributed by atoms with E-state index in [-0.39, 0.29) is 6.73 Å². The molecule has 0 saturated heterocycles. The van der Waals surface area contributed by atoms with Gasteiger partial charge in [0, 0.05) is 0 Å². The second-order valence-electron chi connectivity index (χ2n) is 3.56. The van der Waals surface area contributed by atoms with E-state index in [2.05, 4.69) is 4.72 Å². The third-order valence-corrected chi connectivity index (χ3v) is 4.99. The quantitative estimate of drug-likeness (QED) is 0.653. The van der Waals surface area contributed by atoms with E-state index >= 15 is 0 Å². The molecule has 0 spiro atoms. The van der Waals surface area contributed by atoms with E-state index in [1.807, 2.05) is 30.3 Å². The van der Waals surface area contributed by atoms with Crippen molar-refractivity contribution >= 4 is 21.4 Å². The summed E-state index contributed by atoms with van der Waals surface area (Å²) in [6, 6.07) is 12.8. The molecule has 96 valence electrons. The Bertz CT molecular complexity index is 565. The van der Waals surface area contributed by atoms with Crippen LogP contribution in [0.15, 0.2) is 52.1 Å². The van der Waals surface area contributed by atoms with E-state index < -0.39 is 10.0 Å².